The van der Waals surface area contributed by atoms with E-state index in [0.29, 0.717) is 29.9 Å². The molecule has 1 aliphatic heterocycles. The molecule has 1 saturated heterocycles. The number of unbranched alkanes of at least 4 members (excludes halogenated alkanes) is 2. The standard InChI is InChI=1S/C20H22FN3O3.C5H12/c1-2-16-12-24(20(26)27-16)15-7-8-17(18(21)9-15)14-5-3-13(4-6-14)11-23-19(25)10-22;1-3-5-4-2/h3-9,16H,2,10-12,22H2,1H3,(H,23,25);3-5H2,1-2H3/t16-;/m0./s1. The number of cyclic esters (lactones) is 1. The van der Waals surface area contributed by atoms with E-state index in [4.69, 9.17) is 10.5 Å². The third kappa shape index (κ3) is 7.05. The van der Waals surface area contributed by atoms with E-state index in [1.807, 2.05) is 19.1 Å². The minimum absolute atomic E-state index is 0.0563. The lowest BCUT2D eigenvalue weighted by Crippen LogP contribution is -2.29. The monoisotopic (exact) mass is 443 g/mol. The van der Waals surface area contributed by atoms with Gasteiger partial charge in [0, 0.05) is 12.1 Å². The number of carbonyl (C=O) groups excluding carboxylic acids is 2. The topological polar surface area (TPSA) is 84.7 Å². The molecule has 3 N–H and O–H groups in total. The van der Waals surface area contributed by atoms with Crippen molar-refractivity contribution in [1.82, 2.24) is 5.32 Å². The lowest BCUT2D eigenvalue weighted by Gasteiger charge is -2.14. The van der Waals surface area contributed by atoms with Gasteiger partial charge in [-0.05, 0) is 35.7 Å². The summed E-state index contributed by atoms with van der Waals surface area (Å²) in [6.45, 7) is 7.10. The van der Waals surface area contributed by atoms with Crippen molar-refractivity contribution in [3.05, 3.63) is 53.8 Å². The Hall–Kier alpha value is -2.93. The highest BCUT2D eigenvalue weighted by atomic mass is 19.1. The van der Waals surface area contributed by atoms with Gasteiger partial charge in [-0.2, -0.15) is 0 Å². The minimum Gasteiger partial charge on any atom is -0.444 e. The molecule has 0 unspecified atom stereocenters. The number of anilines is 1. The maximum Gasteiger partial charge on any atom is 0.414 e. The number of nitrogens with two attached hydrogens (primary N) is 1. The molecule has 3 rings (SSSR count). The van der Waals surface area contributed by atoms with E-state index in [-0.39, 0.29) is 18.6 Å². The van der Waals surface area contributed by atoms with Crippen molar-refractivity contribution in [2.75, 3.05) is 18.0 Å². The summed E-state index contributed by atoms with van der Waals surface area (Å²) in [5.41, 5.74) is 7.78. The summed E-state index contributed by atoms with van der Waals surface area (Å²) < 4.78 is 19.9. The number of hydrogen-bond acceptors (Lipinski definition) is 4. The molecule has 174 valence electrons. The van der Waals surface area contributed by atoms with Crippen LogP contribution >= 0.6 is 0 Å². The van der Waals surface area contributed by atoms with Crippen LogP contribution in [0.25, 0.3) is 11.1 Å². The van der Waals surface area contributed by atoms with Crippen molar-refractivity contribution in [3.8, 4) is 11.1 Å². The number of carbonyl (C=O) groups is 2. The van der Waals surface area contributed by atoms with Gasteiger partial charge < -0.3 is 15.8 Å². The third-order valence-electron chi connectivity index (χ3n) is 5.24. The zero-order chi connectivity index (χ0) is 23.5. The Labute approximate surface area is 189 Å². The Balaban J connectivity index is 0.000000654. The lowest BCUT2D eigenvalue weighted by atomic mass is 10.0. The average molecular weight is 444 g/mol. The first kappa shape index (κ1) is 25.3. The summed E-state index contributed by atoms with van der Waals surface area (Å²) in [5.74, 6) is -0.643. The van der Waals surface area contributed by atoms with Gasteiger partial charge in [0.2, 0.25) is 5.91 Å². The molecule has 0 saturated carbocycles. The van der Waals surface area contributed by atoms with Gasteiger partial charge >= 0.3 is 6.09 Å². The lowest BCUT2D eigenvalue weighted by molar-refractivity contribution is -0.119. The van der Waals surface area contributed by atoms with E-state index in [2.05, 4.69) is 19.2 Å². The second-order valence-corrected chi connectivity index (χ2v) is 7.72. The number of amides is 2. The van der Waals surface area contributed by atoms with Crippen LogP contribution in [0.1, 0.15) is 52.0 Å². The number of nitrogens with one attached hydrogen (secondary N) is 1. The maximum absolute atomic E-state index is 14.6. The van der Waals surface area contributed by atoms with Crippen molar-refractivity contribution in [1.29, 1.82) is 0 Å². The summed E-state index contributed by atoms with van der Waals surface area (Å²) >= 11 is 0. The molecule has 0 aromatic heterocycles. The molecule has 1 atom stereocenters. The fourth-order valence-corrected chi connectivity index (χ4v) is 3.28. The first-order valence-electron chi connectivity index (χ1n) is 11.3. The third-order valence-corrected chi connectivity index (χ3v) is 5.24. The molecule has 32 heavy (non-hydrogen) atoms. The molecule has 2 aromatic carbocycles. The zero-order valence-electron chi connectivity index (χ0n) is 19.2. The van der Waals surface area contributed by atoms with E-state index < -0.39 is 11.9 Å². The van der Waals surface area contributed by atoms with E-state index >= 15 is 0 Å². The summed E-state index contributed by atoms with van der Waals surface area (Å²) in [5, 5.41) is 2.68. The number of hydrogen-bond donors (Lipinski definition) is 2. The van der Waals surface area contributed by atoms with E-state index in [1.165, 1.54) is 30.2 Å². The van der Waals surface area contributed by atoms with Crippen molar-refractivity contribution >= 4 is 17.7 Å². The minimum atomic E-state index is -0.446. The predicted molar refractivity (Wildman–Crippen MR) is 126 cm³/mol. The van der Waals surface area contributed by atoms with Gasteiger partial charge in [0.1, 0.15) is 11.9 Å². The van der Waals surface area contributed by atoms with E-state index in [9.17, 15) is 14.0 Å². The van der Waals surface area contributed by atoms with Gasteiger partial charge in [-0.1, -0.05) is 64.3 Å². The summed E-state index contributed by atoms with van der Waals surface area (Å²) in [7, 11) is 0. The molecule has 2 amide bonds. The van der Waals surface area contributed by atoms with E-state index in [1.54, 1.807) is 24.3 Å². The highest BCUT2D eigenvalue weighted by molar-refractivity contribution is 5.90. The first-order chi connectivity index (χ1) is 15.4. The summed E-state index contributed by atoms with van der Waals surface area (Å²) in [6, 6.07) is 11.9. The molecule has 0 spiro atoms. The highest BCUT2D eigenvalue weighted by Gasteiger charge is 2.31. The molecule has 0 aliphatic carbocycles. The van der Waals surface area contributed by atoms with Crippen LogP contribution in [0.4, 0.5) is 14.9 Å². The molecule has 7 heteroatoms. The number of rotatable bonds is 8. The Morgan fingerprint density at radius 2 is 1.84 bits per heavy atom. The van der Waals surface area contributed by atoms with Gasteiger partial charge in [0.05, 0.1) is 18.8 Å². The molecule has 0 bridgehead atoms. The SMILES string of the molecule is CCCCC.CC[C@H]1CN(c2ccc(-c3ccc(CNC(=O)CN)cc3)c(F)c2)C(=O)O1. The normalized spacial score (nSPS) is 15.1. The van der Waals surface area contributed by atoms with Gasteiger partial charge in [0.15, 0.2) is 0 Å². The fraction of sp³-hybridized carbons (Fsp3) is 0.440. The number of ether oxygens (including phenoxy) is 1. The molecule has 0 radical (unpaired) electrons. The van der Waals surface area contributed by atoms with Gasteiger partial charge in [-0.3, -0.25) is 9.69 Å². The van der Waals surface area contributed by atoms with Crippen molar-refractivity contribution in [2.45, 2.75) is 59.1 Å². The number of benzene rings is 2. The molecule has 1 heterocycles. The summed E-state index contributed by atoms with van der Waals surface area (Å²) in [4.78, 5) is 24.6. The van der Waals surface area contributed by atoms with Gasteiger partial charge in [-0.15, -0.1) is 0 Å². The molecule has 2 aromatic rings. The Bertz CT molecular complexity index is 885. The van der Waals surface area contributed by atoms with E-state index in [0.717, 1.165) is 12.0 Å². The number of halogens is 1. The maximum atomic E-state index is 14.6. The molecule has 6 nitrogen and oxygen atoms in total. The van der Waals surface area contributed by atoms with Crippen LogP contribution in [0.2, 0.25) is 0 Å². The molecular formula is C25H34FN3O3. The Kier molecular flexibility index (Phi) is 10.1. The van der Waals surface area contributed by atoms with Crippen LogP contribution < -0.4 is 16.0 Å². The van der Waals surface area contributed by atoms with Crippen LogP contribution in [0, 0.1) is 5.82 Å². The van der Waals surface area contributed by atoms with Crippen molar-refractivity contribution < 1.29 is 18.7 Å². The molecule has 1 fully saturated rings. The van der Waals surface area contributed by atoms with Crippen LogP contribution in [0.15, 0.2) is 42.5 Å². The Morgan fingerprint density at radius 3 is 2.34 bits per heavy atom. The fourth-order valence-electron chi connectivity index (χ4n) is 3.28. The second kappa shape index (κ2) is 12.8. The van der Waals surface area contributed by atoms with Crippen LogP contribution in [0.3, 0.4) is 0 Å². The first-order valence-corrected chi connectivity index (χ1v) is 11.3. The van der Waals surface area contributed by atoms with Crippen LogP contribution in [-0.4, -0.2) is 31.2 Å². The van der Waals surface area contributed by atoms with Crippen LogP contribution in [0.5, 0.6) is 0 Å². The smallest absolute Gasteiger partial charge is 0.414 e. The van der Waals surface area contributed by atoms with Gasteiger partial charge in [-0.25, -0.2) is 9.18 Å². The largest absolute Gasteiger partial charge is 0.444 e. The zero-order valence-corrected chi connectivity index (χ0v) is 19.2. The quantitative estimate of drug-likeness (QED) is 0.601. The second-order valence-electron chi connectivity index (χ2n) is 7.72. The highest BCUT2D eigenvalue weighted by Crippen LogP contribution is 2.29. The van der Waals surface area contributed by atoms with Crippen molar-refractivity contribution in [3.63, 3.8) is 0 Å². The average Bonchev–Trinajstić information content (AvgIpc) is 3.19. The Morgan fingerprint density at radius 1 is 1.16 bits per heavy atom. The van der Waals surface area contributed by atoms with Crippen LogP contribution in [-0.2, 0) is 16.1 Å². The molecular weight excluding hydrogens is 409 g/mol. The summed E-state index contributed by atoms with van der Waals surface area (Å²) in [6.07, 6.45) is 4.19. The van der Waals surface area contributed by atoms with Crippen molar-refractivity contribution in [2.24, 2.45) is 5.73 Å². The van der Waals surface area contributed by atoms with Gasteiger partial charge in [0.25, 0.3) is 0 Å². The predicted octanol–water partition coefficient (Wildman–Crippen LogP) is 5.00. The number of nitrogens with zero attached hydrogens (tertiary/aromatic N) is 1. The molecule has 1 aliphatic rings.